The van der Waals surface area contributed by atoms with Gasteiger partial charge in [-0.3, -0.25) is 14.5 Å². The minimum atomic E-state index is -0.912. The maximum Gasteiger partial charge on any atom is 0.325 e. The highest BCUT2D eigenvalue weighted by Crippen LogP contribution is 2.43. The lowest BCUT2D eigenvalue weighted by Crippen LogP contribution is -2.50. The van der Waals surface area contributed by atoms with E-state index in [2.05, 4.69) is 31.4 Å². The average molecular weight is 461 g/mol. The normalized spacial score (nSPS) is 26.0. The van der Waals surface area contributed by atoms with Crippen molar-refractivity contribution in [1.82, 2.24) is 10.2 Å². The summed E-state index contributed by atoms with van der Waals surface area (Å²) in [5.41, 5.74) is -0.0232. The van der Waals surface area contributed by atoms with Crippen molar-refractivity contribution in [2.75, 3.05) is 43.1 Å². The molecular formula is C24H33FN4O4. The van der Waals surface area contributed by atoms with Gasteiger partial charge in [-0.25, -0.2) is 9.18 Å². The Balaban J connectivity index is 1.36. The lowest BCUT2D eigenvalue weighted by atomic mass is 9.67. The lowest BCUT2D eigenvalue weighted by molar-refractivity contribution is -0.135. The first-order valence-corrected chi connectivity index (χ1v) is 11.7. The van der Waals surface area contributed by atoms with Gasteiger partial charge in [0.25, 0.3) is 5.91 Å². The van der Waals surface area contributed by atoms with E-state index in [9.17, 15) is 18.8 Å². The Labute approximate surface area is 193 Å². The molecule has 0 aromatic heterocycles. The van der Waals surface area contributed by atoms with Gasteiger partial charge in [-0.05, 0) is 55.2 Å². The van der Waals surface area contributed by atoms with E-state index in [0.717, 1.165) is 17.7 Å². The predicted molar refractivity (Wildman–Crippen MR) is 122 cm³/mol. The number of hydrogen-bond donors (Lipinski definition) is 2. The Hall–Kier alpha value is -2.68. The van der Waals surface area contributed by atoms with Crippen LogP contribution in [0, 0.1) is 17.2 Å². The van der Waals surface area contributed by atoms with Crippen LogP contribution < -0.4 is 15.5 Å². The monoisotopic (exact) mass is 460 g/mol. The van der Waals surface area contributed by atoms with Crippen LogP contribution in [0.15, 0.2) is 18.2 Å². The molecule has 1 spiro atoms. The number of amides is 4. The maximum atomic E-state index is 14.6. The molecule has 2 saturated heterocycles. The molecule has 0 bridgehead atoms. The number of halogens is 1. The minimum absolute atomic E-state index is 0.152. The maximum absolute atomic E-state index is 14.6. The Morgan fingerprint density at radius 1 is 1.21 bits per heavy atom. The number of morpholine rings is 1. The number of anilines is 2. The second kappa shape index (κ2) is 8.93. The standard InChI is InChI=1S/C24H33FN4O4/c1-23(2,3)16-6-8-24(9-7-16)21(31)29(22(32)27-24)15-20(30)26-17-4-5-19(18(25)14-17)28-10-12-33-13-11-28/h4-5,14,16H,6-13,15H2,1-3H3,(H,26,30)(H,27,32). The van der Waals surface area contributed by atoms with E-state index < -0.39 is 29.8 Å². The van der Waals surface area contributed by atoms with Crippen LogP contribution in [0.2, 0.25) is 0 Å². The van der Waals surface area contributed by atoms with Crippen LogP contribution in [-0.4, -0.2) is 61.1 Å². The fraction of sp³-hybridized carbons (Fsp3) is 0.625. The van der Waals surface area contributed by atoms with Gasteiger partial charge in [0.1, 0.15) is 17.9 Å². The van der Waals surface area contributed by atoms with Gasteiger partial charge in [0.05, 0.1) is 18.9 Å². The molecule has 4 rings (SSSR count). The summed E-state index contributed by atoms with van der Waals surface area (Å²) in [6.45, 7) is 8.47. The smallest absolute Gasteiger partial charge is 0.325 e. The summed E-state index contributed by atoms with van der Waals surface area (Å²) in [6, 6.07) is 3.95. The molecule has 3 fully saturated rings. The van der Waals surface area contributed by atoms with Gasteiger partial charge in [-0.2, -0.15) is 0 Å². The zero-order valence-electron chi connectivity index (χ0n) is 19.6. The molecular weight excluding hydrogens is 427 g/mol. The van der Waals surface area contributed by atoms with Gasteiger partial charge in [0.2, 0.25) is 5.91 Å². The summed E-state index contributed by atoms with van der Waals surface area (Å²) in [6.07, 6.45) is 2.85. The third kappa shape index (κ3) is 4.83. The fourth-order valence-electron chi connectivity index (χ4n) is 5.12. The van der Waals surface area contributed by atoms with Crippen molar-refractivity contribution in [3.05, 3.63) is 24.0 Å². The number of carbonyl (C=O) groups is 3. The molecule has 1 aliphatic carbocycles. The molecule has 4 amide bonds. The number of urea groups is 1. The van der Waals surface area contributed by atoms with Gasteiger partial charge >= 0.3 is 6.03 Å². The highest BCUT2D eigenvalue weighted by molar-refractivity contribution is 6.10. The molecule has 1 aromatic rings. The predicted octanol–water partition coefficient (Wildman–Crippen LogP) is 3.13. The number of rotatable bonds is 4. The van der Waals surface area contributed by atoms with E-state index in [-0.39, 0.29) is 17.0 Å². The number of imide groups is 1. The van der Waals surface area contributed by atoms with E-state index in [1.165, 1.54) is 6.07 Å². The van der Waals surface area contributed by atoms with E-state index in [4.69, 9.17) is 4.74 Å². The summed E-state index contributed by atoms with van der Waals surface area (Å²) in [7, 11) is 0. The molecule has 2 heterocycles. The summed E-state index contributed by atoms with van der Waals surface area (Å²) in [5, 5.41) is 5.45. The first-order chi connectivity index (χ1) is 15.6. The largest absolute Gasteiger partial charge is 0.378 e. The molecule has 33 heavy (non-hydrogen) atoms. The topological polar surface area (TPSA) is 91.0 Å². The van der Waals surface area contributed by atoms with E-state index in [1.807, 2.05) is 4.90 Å². The Morgan fingerprint density at radius 3 is 2.48 bits per heavy atom. The zero-order chi connectivity index (χ0) is 23.8. The number of benzene rings is 1. The summed E-state index contributed by atoms with van der Waals surface area (Å²) in [4.78, 5) is 41.1. The van der Waals surface area contributed by atoms with Gasteiger partial charge < -0.3 is 20.3 Å². The molecule has 9 heteroatoms. The van der Waals surface area contributed by atoms with Gasteiger partial charge in [0, 0.05) is 18.8 Å². The third-order valence-electron chi connectivity index (χ3n) is 7.19. The van der Waals surface area contributed by atoms with Gasteiger partial charge in [-0.15, -0.1) is 0 Å². The molecule has 0 atom stereocenters. The van der Waals surface area contributed by atoms with E-state index >= 15 is 0 Å². The molecule has 8 nitrogen and oxygen atoms in total. The van der Waals surface area contributed by atoms with E-state index in [1.54, 1.807) is 12.1 Å². The van der Waals surface area contributed by atoms with Crippen molar-refractivity contribution in [2.24, 2.45) is 11.3 Å². The van der Waals surface area contributed by atoms with Crippen LogP contribution >= 0.6 is 0 Å². The highest BCUT2D eigenvalue weighted by Gasteiger charge is 2.53. The minimum Gasteiger partial charge on any atom is -0.378 e. The van der Waals surface area contributed by atoms with E-state index in [0.29, 0.717) is 50.8 Å². The number of ether oxygens (including phenoxy) is 1. The van der Waals surface area contributed by atoms with Gasteiger partial charge in [0.15, 0.2) is 0 Å². The Kier molecular flexibility index (Phi) is 6.35. The number of nitrogens with one attached hydrogen (secondary N) is 2. The Morgan fingerprint density at radius 2 is 1.88 bits per heavy atom. The van der Waals surface area contributed by atoms with Crippen LogP contribution in [0.3, 0.4) is 0 Å². The summed E-state index contributed by atoms with van der Waals surface area (Å²) < 4.78 is 19.9. The molecule has 1 saturated carbocycles. The quantitative estimate of drug-likeness (QED) is 0.674. The zero-order valence-corrected chi connectivity index (χ0v) is 19.6. The lowest BCUT2D eigenvalue weighted by Gasteiger charge is -2.40. The number of carbonyl (C=O) groups excluding carboxylic acids is 3. The molecule has 0 unspecified atom stereocenters. The fourth-order valence-corrected chi connectivity index (χ4v) is 5.12. The summed E-state index contributed by atoms with van der Waals surface area (Å²) in [5.74, 6) is -0.846. The molecule has 3 aliphatic rings. The molecule has 1 aromatic carbocycles. The van der Waals surface area contributed by atoms with Crippen molar-refractivity contribution >= 4 is 29.2 Å². The van der Waals surface area contributed by atoms with Crippen molar-refractivity contribution in [3.63, 3.8) is 0 Å². The Bertz CT molecular complexity index is 931. The second-order valence-electron chi connectivity index (χ2n) is 10.4. The van der Waals surface area contributed by atoms with Crippen molar-refractivity contribution in [3.8, 4) is 0 Å². The second-order valence-corrected chi connectivity index (χ2v) is 10.4. The SMILES string of the molecule is CC(C)(C)C1CCC2(CC1)NC(=O)N(CC(=O)Nc1ccc(N3CCOCC3)c(F)c1)C2=O. The van der Waals surface area contributed by atoms with Crippen molar-refractivity contribution in [2.45, 2.75) is 52.0 Å². The number of nitrogens with zero attached hydrogens (tertiary/aromatic N) is 2. The molecule has 2 N–H and O–H groups in total. The molecule has 180 valence electrons. The highest BCUT2D eigenvalue weighted by atomic mass is 19.1. The third-order valence-corrected chi connectivity index (χ3v) is 7.19. The van der Waals surface area contributed by atoms with Crippen LogP contribution in [0.5, 0.6) is 0 Å². The van der Waals surface area contributed by atoms with Crippen LogP contribution in [-0.2, 0) is 14.3 Å². The first-order valence-electron chi connectivity index (χ1n) is 11.7. The number of hydrogen-bond acceptors (Lipinski definition) is 5. The first kappa shape index (κ1) is 23.5. The van der Waals surface area contributed by atoms with Crippen molar-refractivity contribution in [1.29, 1.82) is 0 Å². The average Bonchev–Trinajstić information content (AvgIpc) is 2.98. The van der Waals surface area contributed by atoms with Gasteiger partial charge in [-0.1, -0.05) is 20.8 Å². The molecule has 2 aliphatic heterocycles. The molecule has 0 radical (unpaired) electrons. The van der Waals surface area contributed by atoms with Crippen LogP contribution in [0.1, 0.15) is 46.5 Å². The summed E-state index contributed by atoms with van der Waals surface area (Å²) >= 11 is 0. The van der Waals surface area contributed by atoms with Crippen LogP contribution in [0.25, 0.3) is 0 Å². The van der Waals surface area contributed by atoms with Crippen LogP contribution in [0.4, 0.5) is 20.6 Å². The van der Waals surface area contributed by atoms with Crippen molar-refractivity contribution < 1.29 is 23.5 Å².